The molecular formula is C18H21BrN4O. The molecule has 0 aliphatic carbocycles. The highest BCUT2D eigenvalue weighted by Crippen LogP contribution is 2.23. The van der Waals surface area contributed by atoms with Crippen LogP contribution in [-0.2, 0) is 0 Å². The summed E-state index contributed by atoms with van der Waals surface area (Å²) in [5.41, 5.74) is 2.33. The van der Waals surface area contributed by atoms with E-state index in [0.717, 1.165) is 48.6 Å². The van der Waals surface area contributed by atoms with E-state index in [-0.39, 0.29) is 5.91 Å². The van der Waals surface area contributed by atoms with Gasteiger partial charge < -0.3 is 15.1 Å². The second-order valence-corrected chi connectivity index (χ2v) is 6.64. The number of amides is 1. The van der Waals surface area contributed by atoms with Crippen molar-refractivity contribution in [2.75, 3.05) is 42.9 Å². The van der Waals surface area contributed by atoms with Gasteiger partial charge in [0.05, 0.1) is 23.1 Å². The van der Waals surface area contributed by atoms with E-state index in [1.165, 1.54) is 0 Å². The summed E-state index contributed by atoms with van der Waals surface area (Å²) in [5.74, 6) is -0.150. The van der Waals surface area contributed by atoms with Gasteiger partial charge in [0, 0.05) is 36.8 Å². The lowest BCUT2D eigenvalue weighted by Crippen LogP contribution is -2.46. The monoisotopic (exact) mass is 388 g/mol. The van der Waals surface area contributed by atoms with Crippen LogP contribution in [0.3, 0.4) is 0 Å². The average molecular weight is 389 g/mol. The van der Waals surface area contributed by atoms with Gasteiger partial charge >= 0.3 is 0 Å². The quantitative estimate of drug-likeness (QED) is 0.873. The standard InChI is InChI=1S/C18H21BrN4O/c1-2-22-7-9-23(10-8-22)15-11-14(12-20-13-15)18(24)21-17-6-4-3-5-16(17)19/h3-6,11-13H,2,7-10H2,1H3,(H,21,24). The molecule has 1 N–H and O–H groups in total. The van der Waals surface area contributed by atoms with Crippen LogP contribution < -0.4 is 10.2 Å². The third kappa shape index (κ3) is 3.94. The summed E-state index contributed by atoms with van der Waals surface area (Å²) in [6, 6.07) is 9.49. The number of pyridine rings is 1. The van der Waals surface area contributed by atoms with Crippen molar-refractivity contribution in [3.8, 4) is 0 Å². The number of carbonyl (C=O) groups is 1. The number of rotatable bonds is 4. The molecule has 1 aromatic heterocycles. The van der Waals surface area contributed by atoms with E-state index in [4.69, 9.17) is 0 Å². The van der Waals surface area contributed by atoms with Crippen molar-refractivity contribution >= 4 is 33.2 Å². The third-order valence-corrected chi connectivity index (χ3v) is 4.98. The number of benzene rings is 1. The first kappa shape index (κ1) is 16.9. The molecule has 1 aromatic carbocycles. The van der Waals surface area contributed by atoms with Crippen LogP contribution in [0.5, 0.6) is 0 Å². The van der Waals surface area contributed by atoms with Gasteiger partial charge in [0.2, 0.25) is 0 Å². The zero-order valence-corrected chi connectivity index (χ0v) is 15.3. The summed E-state index contributed by atoms with van der Waals surface area (Å²) >= 11 is 3.44. The fourth-order valence-corrected chi connectivity index (χ4v) is 3.19. The number of likely N-dealkylation sites (N-methyl/N-ethyl adjacent to an activating group) is 1. The Hall–Kier alpha value is -1.92. The van der Waals surface area contributed by atoms with Crippen LogP contribution in [0.2, 0.25) is 0 Å². The molecule has 0 spiro atoms. The van der Waals surface area contributed by atoms with Crippen molar-refractivity contribution < 1.29 is 4.79 Å². The minimum absolute atomic E-state index is 0.150. The minimum Gasteiger partial charge on any atom is -0.368 e. The van der Waals surface area contributed by atoms with E-state index < -0.39 is 0 Å². The molecule has 0 radical (unpaired) electrons. The molecule has 24 heavy (non-hydrogen) atoms. The number of para-hydroxylation sites is 1. The molecule has 0 atom stereocenters. The largest absolute Gasteiger partial charge is 0.368 e. The second-order valence-electron chi connectivity index (χ2n) is 5.79. The Labute approximate surface area is 150 Å². The second kappa shape index (κ2) is 7.77. The van der Waals surface area contributed by atoms with Gasteiger partial charge in [-0.3, -0.25) is 9.78 Å². The van der Waals surface area contributed by atoms with Gasteiger partial charge in [-0.25, -0.2) is 0 Å². The Morgan fingerprint density at radius 2 is 1.96 bits per heavy atom. The van der Waals surface area contributed by atoms with Crippen LogP contribution in [0.1, 0.15) is 17.3 Å². The van der Waals surface area contributed by atoms with Crippen molar-refractivity contribution in [2.24, 2.45) is 0 Å². The summed E-state index contributed by atoms with van der Waals surface area (Å²) in [7, 11) is 0. The molecule has 1 saturated heterocycles. The van der Waals surface area contributed by atoms with Crippen molar-refractivity contribution in [1.82, 2.24) is 9.88 Å². The molecule has 1 aliphatic rings. The number of halogens is 1. The van der Waals surface area contributed by atoms with Gasteiger partial charge in [-0.1, -0.05) is 19.1 Å². The Balaban J connectivity index is 1.71. The van der Waals surface area contributed by atoms with Crippen LogP contribution in [-0.4, -0.2) is 48.5 Å². The molecule has 1 fully saturated rings. The Kier molecular flexibility index (Phi) is 5.48. The summed E-state index contributed by atoms with van der Waals surface area (Å²) in [4.78, 5) is 21.5. The molecule has 0 bridgehead atoms. The number of hydrogen-bond acceptors (Lipinski definition) is 4. The zero-order valence-electron chi connectivity index (χ0n) is 13.7. The number of piperazine rings is 1. The van der Waals surface area contributed by atoms with Gasteiger partial charge in [-0.05, 0) is 40.7 Å². The first-order valence-electron chi connectivity index (χ1n) is 8.15. The van der Waals surface area contributed by atoms with Crippen LogP contribution >= 0.6 is 15.9 Å². The topological polar surface area (TPSA) is 48.5 Å². The van der Waals surface area contributed by atoms with Gasteiger partial charge in [0.15, 0.2) is 0 Å². The highest BCUT2D eigenvalue weighted by atomic mass is 79.9. The van der Waals surface area contributed by atoms with Crippen LogP contribution in [0.4, 0.5) is 11.4 Å². The SMILES string of the molecule is CCN1CCN(c2cncc(C(=O)Nc3ccccc3Br)c2)CC1. The van der Waals surface area contributed by atoms with Crippen LogP contribution in [0.25, 0.3) is 0 Å². The predicted octanol–water partition coefficient (Wildman–Crippen LogP) is 3.24. The lowest BCUT2D eigenvalue weighted by molar-refractivity contribution is 0.102. The van der Waals surface area contributed by atoms with Gasteiger partial charge in [-0.15, -0.1) is 0 Å². The Morgan fingerprint density at radius 1 is 1.21 bits per heavy atom. The Morgan fingerprint density at radius 3 is 2.67 bits per heavy atom. The summed E-state index contributed by atoms with van der Waals surface area (Å²) in [5, 5.41) is 2.92. The zero-order chi connectivity index (χ0) is 16.9. The number of hydrogen-bond donors (Lipinski definition) is 1. The van der Waals surface area contributed by atoms with Crippen molar-refractivity contribution in [1.29, 1.82) is 0 Å². The van der Waals surface area contributed by atoms with Crippen molar-refractivity contribution in [2.45, 2.75) is 6.92 Å². The molecule has 126 valence electrons. The highest BCUT2D eigenvalue weighted by molar-refractivity contribution is 9.10. The van der Waals surface area contributed by atoms with Crippen LogP contribution in [0, 0.1) is 0 Å². The fourth-order valence-electron chi connectivity index (χ4n) is 2.80. The number of nitrogens with zero attached hydrogens (tertiary/aromatic N) is 3. The van der Waals surface area contributed by atoms with E-state index in [2.05, 4.69) is 43.0 Å². The van der Waals surface area contributed by atoms with Crippen molar-refractivity contribution in [3.05, 3.63) is 52.8 Å². The lowest BCUT2D eigenvalue weighted by Gasteiger charge is -2.35. The van der Waals surface area contributed by atoms with Crippen LogP contribution in [0.15, 0.2) is 47.2 Å². The minimum atomic E-state index is -0.150. The third-order valence-electron chi connectivity index (χ3n) is 4.29. The molecular weight excluding hydrogens is 368 g/mol. The van der Waals surface area contributed by atoms with E-state index in [0.29, 0.717) is 5.56 Å². The normalized spacial score (nSPS) is 15.3. The van der Waals surface area contributed by atoms with E-state index >= 15 is 0 Å². The Bertz CT molecular complexity index is 714. The summed E-state index contributed by atoms with van der Waals surface area (Å²) < 4.78 is 0.859. The van der Waals surface area contributed by atoms with Gasteiger partial charge in [0.25, 0.3) is 5.91 Å². The van der Waals surface area contributed by atoms with E-state index in [9.17, 15) is 4.79 Å². The van der Waals surface area contributed by atoms with E-state index in [1.54, 1.807) is 6.20 Å². The molecule has 5 nitrogen and oxygen atoms in total. The number of aromatic nitrogens is 1. The summed E-state index contributed by atoms with van der Waals surface area (Å²) in [6.45, 7) is 7.29. The van der Waals surface area contributed by atoms with E-state index in [1.807, 2.05) is 36.5 Å². The maximum absolute atomic E-state index is 12.5. The molecule has 1 amide bonds. The molecule has 2 heterocycles. The smallest absolute Gasteiger partial charge is 0.257 e. The molecule has 0 unspecified atom stereocenters. The first-order chi connectivity index (χ1) is 11.7. The average Bonchev–Trinajstić information content (AvgIpc) is 2.64. The molecule has 3 rings (SSSR count). The maximum Gasteiger partial charge on any atom is 0.257 e. The first-order valence-corrected chi connectivity index (χ1v) is 8.95. The number of anilines is 2. The van der Waals surface area contributed by atoms with Crippen molar-refractivity contribution in [3.63, 3.8) is 0 Å². The molecule has 1 aliphatic heterocycles. The van der Waals surface area contributed by atoms with Gasteiger partial charge in [-0.2, -0.15) is 0 Å². The number of nitrogens with one attached hydrogen (secondary N) is 1. The van der Waals surface area contributed by atoms with Gasteiger partial charge in [0.1, 0.15) is 0 Å². The maximum atomic E-state index is 12.5. The number of carbonyl (C=O) groups excluding carboxylic acids is 1. The molecule has 2 aromatic rings. The highest BCUT2D eigenvalue weighted by Gasteiger charge is 2.17. The predicted molar refractivity (Wildman–Crippen MR) is 101 cm³/mol. The fraction of sp³-hybridized carbons (Fsp3) is 0.333. The lowest BCUT2D eigenvalue weighted by atomic mass is 10.2. The molecule has 6 heteroatoms. The summed E-state index contributed by atoms with van der Waals surface area (Å²) in [6.07, 6.45) is 3.44. The molecule has 0 saturated carbocycles.